The van der Waals surface area contributed by atoms with Crippen LogP contribution in [-0.2, 0) is 20.8 Å². The van der Waals surface area contributed by atoms with E-state index in [9.17, 15) is 13.2 Å². The fraction of sp³-hybridized carbons (Fsp3) is 0.444. The van der Waals surface area contributed by atoms with Crippen molar-refractivity contribution in [2.75, 3.05) is 19.9 Å². The molecule has 1 N–H and O–H groups in total. The molecule has 1 aromatic heterocycles. The van der Waals surface area contributed by atoms with E-state index in [4.69, 9.17) is 0 Å². The predicted molar refractivity (Wildman–Crippen MR) is 58.6 cm³/mol. The molecule has 0 unspecified atom stereocenters. The zero-order chi connectivity index (χ0) is 12.9. The number of rotatable bonds is 5. The van der Waals surface area contributed by atoms with Crippen LogP contribution in [0.3, 0.4) is 0 Å². The number of amides is 1. The van der Waals surface area contributed by atoms with Gasteiger partial charge in [-0.2, -0.15) is 8.42 Å². The molecule has 1 heterocycles. The summed E-state index contributed by atoms with van der Waals surface area (Å²) in [5.74, 6) is -0.408. The molecular formula is C9H14N3O4S+. The Hall–Kier alpha value is -1.54. The lowest BCUT2D eigenvalue weighted by molar-refractivity contribution is -0.750. The standard InChI is InChI=1S/C9H13N3O4S/c1-10-9(13)8-3-4-12(11-7-8)5-6-17(14,15)16-2/h3-4,7H,5-6H2,1-2H3/p+1. The van der Waals surface area contributed by atoms with Gasteiger partial charge in [-0.05, 0) is 5.10 Å². The van der Waals surface area contributed by atoms with E-state index in [0.29, 0.717) is 5.56 Å². The molecule has 0 aromatic carbocycles. The summed E-state index contributed by atoms with van der Waals surface area (Å²) in [4.78, 5) is 11.2. The molecule has 0 bridgehead atoms. The van der Waals surface area contributed by atoms with E-state index in [0.717, 1.165) is 7.11 Å². The SMILES string of the molecule is CNC(=O)c1cc[n+](CCS(=O)(=O)OC)nc1. The number of hydrogen-bond acceptors (Lipinski definition) is 5. The molecule has 94 valence electrons. The van der Waals surface area contributed by atoms with Crippen molar-refractivity contribution >= 4 is 16.0 Å². The molecule has 1 aromatic rings. The maximum Gasteiger partial charge on any atom is 0.273 e. The Morgan fingerprint density at radius 3 is 2.76 bits per heavy atom. The second-order valence-electron chi connectivity index (χ2n) is 3.19. The van der Waals surface area contributed by atoms with Gasteiger partial charge in [0.1, 0.15) is 11.9 Å². The van der Waals surface area contributed by atoms with E-state index >= 15 is 0 Å². The highest BCUT2D eigenvalue weighted by molar-refractivity contribution is 7.86. The molecule has 0 spiro atoms. The van der Waals surface area contributed by atoms with Gasteiger partial charge < -0.3 is 5.32 Å². The smallest absolute Gasteiger partial charge is 0.273 e. The number of aryl methyl sites for hydroxylation is 1. The average Bonchev–Trinajstić information content (AvgIpc) is 2.36. The first-order valence-corrected chi connectivity index (χ1v) is 6.42. The fourth-order valence-electron chi connectivity index (χ4n) is 1.08. The second-order valence-corrected chi connectivity index (χ2v) is 5.04. The molecule has 1 rings (SSSR count). The third-order valence-corrected chi connectivity index (χ3v) is 3.28. The zero-order valence-corrected chi connectivity index (χ0v) is 10.4. The number of nitrogens with one attached hydrogen (secondary N) is 1. The number of carbonyl (C=O) groups excluding carboxylic acids is 1. The Kier molecular flexibility index (Phi) is 4.53. The highest BCUT2D eigenvalue weighted by atomic mass is 32.2. The van der Waals surface area contributed by atoms with Gasteiger partial charge in [-0.15, -0.1) is 0 Å². The Morgan fingerprint density at radius 1 is 1.59 bits per heavy atom. The largest absolute Gasteiger partial charge is 0.355 e. The normalized spacial score (nSPS) is 11.2. The number of aromatic nitrogens is 2. The first kappa shape index (κ1) is 13.5. The highest BCUT2D eigenvalue weighted by Crippen LogP contribution is 1.93. The van der Waals surface area contributed by atoms with Crippen LogP contribution in [0.15, 0.2) is 18.5 Å². The van der Waals surface area contributed by atoms with Crippen molar-refractivity contribution in [3.63, 3.8) is 0 Å². The maximum absolute atomic E-state index is 11.2. The van der Waals surface area contributed by atoms with Crippen molar-refractivity contribution in [1.29, 1.82) is 0 Å². The Balaban J connectivity index is 2.66. The summed E-state index contributed by atoms with van der Waals surface area (Å²) in [6.07, 6.45) is 2.91. The van der Waals surface area contributed by atoms with E-state index < -0.39 is 10.1 Å². The molecule has 0 radical (unpaired) electrons. The molecule has 0 saturated heterocycles. The van der Waals surface area contributed by atoms with Crippen LogP contribution in [0.5, 0.6) is 0 Å². The van der Waals surface area contributed by atoms with E-state index in [1.54, 1.807) is 6.07 Å². The van der Waals surface area contributed by atoms with Gasteiger partial charge in [-0.25, -0.2) is 0 Å². The van der Waals surface area contributed by atoms with E-state index in [1.807, 2.05) is 0 Å². The van der Waals surface area contributed by atoms with Crippen molar-refractivity contribution < 1.29 is 22.1 Å². The predicted octanol–water partition coefficient (Wildman–Crippen LogP) is -1.30. The molecule has 8 heteroatoms. The van der Waals surface area contributed by atoms with Crippen molar-refractivity contribution in [2.24, 2.45) is 0 Å². The van der Waals surface area contributed by atoms with Gasteiger partial charge in [0.15, 0.2) is 12.7 Å². The van der Waals surface area contributed by atoms with E-state index in [1.165, 1.54) is 24.1 Å². The lowest BCUT2D eigenvalue weighted by Gasteiger charge is -1.98. The van der Waals surface area contributed by atoms with Crippen LogP contribution >= 0.6 is 0 Å². The Bertz CT molecular complexity index is 483. The summed E-state index contributed by atoms with van der Waals surface area (Å²) in [6, 6.07) is 1.56. The van der Waals surface area contributed by atoms with Crippen LogP contribution in [0.4, 0.5) is 0 Å². The summed E-state index contributed by atoms with van der Waals surface area (Å²) < 4.78 is 27.9. The molecule has 0 aliphatic heterocycles. The molecule has 0 aliphatic carbocycles. The van der Waals surface area contributed by atoms with Crippen LogP contribution in [0.1, 0.15) is 10.4 Å². The van der Waals surface area contributed by atoms with Gasteiger partial charge in [-0.3, -0.25) is 8.98 Å². The van der Waals surface area contributed by atoms with Crippen molar-refractivity contribution in [3.8, 4) is 0 Å². The van der Waals surface area contributed by atoms with E-state index in [-0.39, 0.29) is 18.2 Å². The minimum atomic E-state index is -3.49. The number of nitrogens with zero attached hydrogens (tertiary/aromatic N) is 2. The minimum absolute atomic E-state index is 0.166. The van der Waals surface area contributed by atoms with Crippen molar-refractivity contribution in [3.05, 3.63) is 24.0 Å². The first-order valence-electron chi connectivity index (χ1n) is 4.84. The van der Waals surface area contributed by atoms with Crippen LogP contribution in [0, 0.1) is 0 Å². The van der Waals surface area contributed by atoms with Gasteiger partial charge in [0.2, 0.25) is 0 Å². The molecule has 17 heavy (non-hydrogen) atoms. The van der Waals surface area contributed by atoms with Crippen molar-refractivity contribution in [2.45, 2.75) is 6.54 Å². The van der Waals surface area contributed by atoms with E-state index in [2.05, 4.69) is 14.6 Å². The molecule has 0 saturated carbocycles. The first-order chi connectivity index (χ1) is 7.98. The summed E-state index contributed by atoms with van der Waals surface area (Å²) >= 11 is 0. The van der Waals surface area contributed by atoms with Crippen LogP contribution in [0.2, 0.25) is 0 Å². The third kappa shape index (κ3) is 4.08. The summed E-state index contributed by atoms with van der Waals surface area (Å²) in [5, 5.41) is 6.38. The van der Waals surface area contributed by atoms with Gasteiger partial charge in [0, 0.05) is 13.1 Å². The number of hydrogen-bond donors (Lipinski definition) is 1. The van der Waals surface area contributed by atoms with Gasteiger partial charge >= 0.3 is 0 Å². The lowest BCUT2D eigenvalue weighted by Crippen LogP contribution is -2.41. The number of carbonyl (C=O) groups is 1. The topological polar surface area (TPSA) is 89.2 Å². The summed E-state index contributed by atoms with van der Waals surface area (Å²) in [6.45, 7) is 0.171. The maximum atomic E-state index is 11.2. The highest BCUT2D eigenvalue weighted by Gasteiger charge is 2.14. The van der Waals surface area contributed by atoms with Crippen molar-refractivity contribution in [1.82, 2.24) is 10.4 Å². The Labute approximate surface area is 99.5 Å². The molecule has 7 nitrogen and oxygen atoms in total. The average molecular weight is 260 g/mol. The van der Waals surface area contributed by atoms with Gasteiger partial charge in [0.05, 0.1) is 12.7 Å². The lowest BCUT2D eigenvalue weighted by atomic mass is 10.3. The third-order valence-electron chi connectivity index (χ3n) is 2.08. The zero-order valence-electron chi connectivity index (χ0n) is 9.58. The molecule has 0 aliphatic rings. The molecule has 0 atom stereocenters. The van der Waals surface area contributed by atoms with Gasteiger partial charge in [0.25, 0.3) is 16.0 Å². The molecule has 1 amide bonds. The summed E-state index contributed by atoms with van der Waals surface area (Å²) in [7, 11) is -0.853. The van der Waals surface area contributed by atoms with Crippen LogP contribution in [-0.4, -0.2) is 39.3 Å². The van der Waals surface area contributed by atoms with Crippen LogP contribution < -0.4 is 10.00 Å². The molecule has 0 fully saturated rings. The molecular weight excluding hydrogens is 246 g/mol. The fourth-order valence-corrected chi connectivity index (χ4v) is 1.66. The van der Waals surface area contributed by atoms with Crippen LogP contribution in [0.25, 0.3) is 0 Å². The monoisotopic (exact) mass is 260 g/mol. The summed E-state index contributed by atoms with van der Waals surface area (Å²) in [5.41, 5.74) is 0.415. The van der Waals surface area contributed by atoms with Gasteiger partial charge in [-0.1, -0.05) is 4.68 Å². The second kappa shape index (κ2) is 5.69. The minimum Gasteiger partial charge on any atom is -0.355 e. The Morgan fingerprint density at radius 2 is 2.29 bits per heavy atom. The quantitative estimate of drug-likeness (QED) is 0.525.